The predicted octanol–water partition coefficient (Wildman–Crippen LogP) is 5.23. The average Bonchev–Trinajstić information content (AvgIpc) is 3.05. The van der Waals surface area contributed by atoms with Gasteiger partial charge in [0.2, 0.25) is 0 Å². The third kappa shape index (κ3) is 3.60. The first-order valence-electron chi connectivity index (χ1n) is 12.0. The van der Waals surface area contributed by atoms with E-state index in [0.717, 1.165) is 68.7 Å². The van der Waals surface area contributed by atoms with Crippen molar-refractivity contribution in [3.63, 3.8) is 0 Å². The molecule has 2 N–H and O–H groups in total. The highest BCUT2D eigenvalue weighted by atomic mass is 16.3. The van der Waals surface area contributed by atoms with Crippen molar-refractivity contribution >= 4 is 6.29 Å². The van der Waals surface area contributed by atoms with Crippen molar-refractivity contribution in [1.29, 1.82) is 0 Å². The topological polar surface area (TPSA) is 57.5 Å². The van der Waals surface area contributed by atoms with Crippen molar-refractivity contribution < 1.29 is 15.0 Å². The van der Waals surface area contributed by atoms with Crippen molar-refractivity contribution in [1.82, 2.24) is 0 Å². The molecular weight excluding hydrogens is 348 g/mol. The fourth-order valence-electron chi connectivity index (χ4n) is 8.74. The Morgan fingerprint density at radius 1 is 0.964 bits per heavy atom. The van der Waals surface area contributed by atoms with Gasteiger partial charge >= 0.3 is 0 Å². The first-order valence-corrected chi connectivity index (χ1v) is 12.0. The average molecular weight is 393 g/mol. The highest BCUT2D eigenvalue weighted by molar-refractivity contribution is 5.49. The molecule has 0 amide bonds. The number of aliphatic hydroxyl groups is 2. The van der Waals surface area contributed by atoms with Crippen molar-refractivity contribution in [2.45, 2.75) is 97.5 Å². The van der Waals surface area contributed by atoms with Crippen molar-refractivity contribution in [3.8, 4) is 0 Å². The maximum absolute atomic E-state index is 10.8. The zero-order valence-corrected chi connectivity index (χ0v) is 18.7. The highest BCUT2D eigenvalue weighted by Gasteiger charge is 2.60. The van der Waals surface area contributed by atoms with Crippen LogP contribution in [0.25, 0.3) is 0 Å². The second kappa shape index (κ2) is 8.76. The normalized spacial score (nSPS) is 48.4. The van der Waals surface area contributed by atoms with Crippen LogP contribution >= 0.6 is 0 Å². The van der Waals surface area contributed by atoms with Crippen LogP contribution in [-0.4, -0.2) is 29.7 Å². The number of rotatable bonds is 4. The summed E-state index contributed by atoms with van der Waals surface area (Å²) >= 11 is 0. The van der Waals surface area contributed by atoms with Crippen LogP contribution < -0.4 is 0 Å². The van der Waals surface area contributed by atoms with Gasteiger partial charge in [0, 0.05) is 13.5 Å². The van der Waals surface area contributed by atoms with Gasteiger partial charge in [-0.15, -0.1) is 0 Å². The maximum Gasteiger partial charge on any atom is 0.120 e. The van der Waals surface area contributed by atoms with Gasteiger partial charge in [0.05, 0.1) is 6.10 Å². The Hall–Kier alpha value is -0.410. The fourth-order valence-corrected chi connectivity index (χ4v) is 8.74. The van der Waals surface area contributed by atoms with E-state index in [1.807, 2.05) is 0 Å². The standard InChI is InChI=1S/C24H40O2.CH4O/c1-16(5-4-14-25)20-8-9-21-19-7-6-17-15-18(26)10-12-23(17,2)22(19)11-13-24(20,21)3;1-2/h14,16-22,26H,4-13,15H2,1-3H3;2H,1H3/t16-,17?,18-,19?,20-,21?,22?,23?,24?;/m1./s1. The molecular formula is C25H44O3. The molecule has 0 aromatic heterocycles. The van der Waals surface area contributed by atoms with E-state index in [9.17, 15) is 9.90 Å². The molecule has 4 aliphatic rings. The molecule has 9 atom stereocenters. The van der Waals surface area contributed by atoms with Gasteiger partial charge in [-0.1, -0.05) is 20.8 Å². The Morgan fingerprint density at radius 3 is 2.36 bits per heavy atom. The molecule has 0 bridgehead atoms. The molecule has 4 fully saturated rings. The molecule has 0 aliphatic heterocycles. The van der Waals surface area contributed by atoms with Gasteiger partial charge in [-0.05, 0) is 111 Å². The molecule has 162 valence electrons. The first-order chi connectivity index (χ1) is 13.4. The number of carbonyl (C=O) groups is 1. The summed E-state index contributed by atoms with van der Waals surface area (Å²) in [5.74, 6) is 5.02. The summed E-state index contributed by atoms with van der Waals surface area (Å²) in [7, 11) is 1.00. The third-order valence-corrected chi connectivity index (χ3v) is 10.1. The number of hydrogen-bond acceptors (Lipinski definition) is 3. The molecule has 3 heteroatoms. The Labute approximate surface area is 172 Å². The van der Waals surface area contributed by atoms with E-state index in [4.69, 9.17) is 5.11 Å². The van der Waals surface area contributed by atoms with Crippen molar-refractivity contribution in [2.24, 2.45) is 46.3 Å². The minimum Gasteiger partial charge on any atom is -0.400 e. The SMILES string of the molecule is CO.C[C@H](CCC=O)[C@H]1CCC2C3CCC4C[C@H](O)CCC4(C)C3CCC21C. The van der Waals surface area contributed by atoms with Crippen LogP contribution in [0.15, 0.2) is 0 Å². The number of hydrogen-bond donors (Lipinski definition) is 2. The van der Waals surface area contributed by atoms with Crippen LogP contribution in [0.3, 0.4) is 0 Å². The van der Waals surface area contributed by atoms with E-state index in [0.29, 0.717) is 16.7 Å². The Balaban J connectivity index is 0.00000109. The Bertz CT molecular complexity index is 534. The summed E-state index contributed by atoms with van der Waals surface area (Å²) in [6.07, 6.45) is 14.7. The van der Waals surface area contributed by atoms with E-state index >= 15 is 0 Å². The number of aliphatic hydroxyl groups excluding tert-OH is 2. The summed E-state index contributed by atoms with van der Waals surface area (Å²) in [6.45, 7) is 7.61. The minimum atomic E-state index is -0.0342. The van der Waals surface area contributed by atoms with Gasteiger partial charge < -0.3 is 15.0 Å². The summed E-state index contributed by atoms with van der Waals surface area (Å²) in [5.41, 5.74) is 1.01. The maximum atomic E-state index is 10.8. The van der Waals surface area contributed by atoms with Crippen molar-refractivity contribution in [2.75, 3.05) is 7.11 Å². The Kier molecular flexibility index (Phi) is 6.97. The van der Waals surface area contributed by atoms with Gasteiger partial charge in [0.25, 0.3) is 0 Å². The largest absolute Gasteiger partial charge is 0.400 e. The zero-order chi connectivity index (χ0) is 20.5. The summed E-state index contributed by atoms with van der Waals surface area (Å²) in [5, 5.41) is 17.2. The van der Waals surface area contributed by atoms with Crippen LogP contribution in [-0.2, 0) is 4.79 Å². The van der Waals surface area contributed by atoms with Crippen LogP contribution in [0.4, 0.5) is 0 Å². The lowest BCUT2D eigenvalue weighted by Gasteiger charge is -2.61. The second-order valence-electron chi connectivity index (χ2n) is 11.0. The van der Waals surface area contributed by atoms with E-state index in [1.165, 1.54) is 44.9 Å². The van der Waals surface area contributed by atoms with Crippen LogP contribution in [0, 0.1) is 46.3 Å². The molecule has 3 nitrogen and oxygen atoms in total. The van der Waals surface area contributed by atoms with E-state index in [1.54, 1.807) is 0 Å². The molecule has 0 heterocycles. The summed E-state index contributed by atoms with van der Waals surface area (Å²) in [6, 6.07) is 0. The quantitative estimate of drug-likeness (QED) is 0.644. The lowest BCUT2D eigenvalue weighted by Crippen LogP contribution is -2.54. The molecule has 6 unspecified atom stereocenters. The van der Waals surface area contributed by atoms with E-state index < -0.39 is 0 Å². The van der Waals surface area contributed by atoms with Crippen LogP contribution in [0.1, 0.15) is 91.4 Å². The predicted molar refractivity (Wildman–Crippen MR) is 114 cm³/mol. The number of fused-ring (bicyclic) bond motifs is 5. The minimum absolute atomic E-state index is 0.0342. The zero-order valence-electron chi connectivity index (χ0n) is 18.7. The molecule has 4 aliphatic carbocycles. The lowest BCUT2D eigenvalue weighted by molar-refractivity contribution is -0.129. The number of aldehydes is 1. The molecule has 28 heavy (non-hydrogen) atoms. The summed E-state index contributed by atoms with van der Waals surface area (Å²) in [4.78, 5) is 10.8. The Morgan fingerprint density at radius 2 is 1.64 bits per heavy atom. The van der Waals surface area contributed by atoms with E-state index in [-0.39, 0.29) is 6.10 Å². The van der Waals surface area contributed by atoms with Crippen molar-refractivity contribution in [3.05, 3.63) is 0 Å². The lowest BCUT2D eigenvalue weighted by atomic mass is 9.44. The molecule has 0 saturated heterocycles. The third-order valence-electron chi connectivity index (χ3n) is 10.1. The van der Waals surface area contributed by atoms with Gasteiger partial charge in [0.1, 0.15) is 6.29 Å². The van der Waals surface area contributed by atoms with Crippen LogP contribution in [0.5, 0.6) is 0 Å². The van der Waals surface area contributed by atoms with E-state index in [2.05, 4.69) is 20.8 Å². The first kappa shape index (κ1) is 22.3. The molecule has 0 aromatic carbocycles. The highest BCUT2D eigenvalue weighted by Crippen LogP contribution is 2.68. The smallest absolute Gasteiger partial charge is 0.120 e. The molecule has 0 aromatic rings. The molecule has 4 saturated carbocycles. The molecule has 4 rings (SSSR count). The molecule has 0 radical (unpaired) electrons. The van der Waals surface area contributed by atoms with Gasteiger partial charge in [0.15, 0.2) is 0 Å². The van der Waals surface area contributed by atoms with Gasteiger partial charge in [-0.3, -0.25) is 0 Å². The summed E-state index contributed by atoms with van der Waals surface area (Å²) < 4.78 is 0. The van der Waals surface area contributed by atoms with Gasteiger partial charge in [-0.25, -0.2) is 0 Å². The van der Waals surface area contributed by atoms with Gasteiger partial charge in [-0.2, -0.15) is 0 Å². The monoisotopic (exact) mass is 392 g/mol. The molecule has 0 spiro atoms. The second-order valence-corrected chi connectivity index (χ2v) is 11.0. The van der Waals surface area contributed by atoms with Crippen LogP contribution in [0.2, 0.25) is 0 Å². The number of carbonyl (C=O) groups excluding carboxylic acids is 1. The fraction of sp³-hybridized carbons (Fsp3) is 0.960.